The van der Waals surface area contributed by atoms with Gasteiger partial charge in [0, 0.05) is 4.47 Å². The van der Waals surface area contributed by atoms with Crippen molar-refractivity contribution in [3.63, 3.8) is 0 Å². The average Bonchev–Trinajstić information content (AvgIpc) is 2.42. The summed E-state index contributed by atoms with van der Waals surface area (Å²) in [5.74, 6) is -1.73. The van der Waals surface area contributed by atoms with Crippen LogP contribution < -0.4 is 0 Å². The van der Waals surface area contributed by atoms with Crippen LogP contribution in [0.25, 0.3) is 0 Å². The summed E-state index contributed by atoms with van der Waals surface area (Å²) in [6.07, 6.45) is 0. The van der Waals surface area contributed by atoms with E-state index in [4.69, 9.17) is 9.84 Å². The fourth-order valence-electron chi connectivity index (χ4n) is 1.73. The molecular weight excluding hydrogens is 327 g/mol. The number of carboxylic acid groups (broad SMARTS) is 1. The molecule has 0 saturated heterocycles. The summed E-state index contributed by atoms with van der Waals surface area (Å²) < 4.78 is 19.5. The van der Waals surface area contributed by atoms with Crippen LogP contribution in [-0.4, -0.2) is 11.1 Å². The van der Waals surface area contributed by atoms with E-state index in [-0.39, 0.29) is 12.2 Å². The standard InChI is InChI=1S/C15H12BrFO3/c16-12-4-1-10(2-5-12)8-20-9-11-3-6-13(17)7-14(11)15(18)19/h1-7H,8-9H2,(H,18,19). The lowest BCUT2D eigenvalue weighted by Gasteiger charge is -2.08. The molecule has 0 bridgehead atoms. The number of carboxylic acids is 1. The Hall–Kier alpha value is -1.72. The highest BCUT2D eigenvalue weighted by Crippen LogP contribution is 2.15. The maximum Gasteiger partial charge on any atom is 0.336 e. The van der Waals surface area contributed by atoms with E-state index in [1.807, 2.05) is 24.3 Å². The maximum atomic E-state index is 13.0. The molecule has 0 spiro atoms. The number of carbonyl (C=O) groups is 1. The summed E-state index contributed by atoms with van der Waals surface area (Å²) >= 11 is 3.34. The Kier molecular flexibility index (Phi) is 4.87. The van der Waals surface area contributed by atoms with Gasteiger partial charge in [-0.2, -0.15) is 0 Å². The van der Waals surface area contributed by atoms with E-state index in [1.165, 1.54) is 12.1 Å². The topological polar surface area (TPSA) is 46.5 Å². The number of halogens is 2. The lowest BCUT2D eigenvalue weighted by Crippen LogP contribution is -2.05. The van der Waals surface area contributed by atoms with E-state index in [1.54, 1.807) is 0 Å². The maximum absolute atomic E-state index is 13.0. The molecule has 2 rings (SSSR count). The van der Waals surface area contributed by atoms with Gasteiger partial charge in [0.25, 0.3) is 0 Å². The quantitative estimate of drug-likeness (QED) is 0.896. The van der Waals surface area contributed by atoms with Gasteiger partial charge < -0.3 is 9.84 Å². The Labute approximate surface area is 124 Å². The molecule has 2 aromatic carbocycles. The predicted octanol–water partition coefficient (Wildman–Crippen LogP) is 4.00. The van der Waals surface area contributed by atoms with Crippen LogP contribution >= 0.6 is 15.9 Å². The fourth-order valence-corrected chi connectivity index (χ4v) is 2.00. The van der Waals surface area contributed by atoms with Crippen LogP contribution in [0.15, 0.2) is 46.9 Å². The molecule has 0 unspecified atom stereocenters. The van der Waals surface area contributed by atoms with Crippen molar-refractivity contribution < 1.29 is 19.0 Å². The van der Waals surface area contributed by atoms with Crippen molar-refractivity contribution in [1.29, 1.82) is 0 Å². The number of hydrogen-bond acceptors (Lipinski definition) is 2. The molecule has 0 aliphatic carbocycles. The molecule has 20 heavy (non-hydrogen) atoms. The van der Waals surface area contributed by atoms with Gasteiger partial charge in [0.2, 0.25) is 0 Å². The summed E-state index contributed by atoms with van der Waals surface area (Å²) in [6, 6.07) is 11.3. The van der Waals surface area contributed by atoms with Crippen molar-refractivity contribution in [3.8, 4) is 0 Å². The Balaban J connectivity index is 2.00. The van der Waals surface area contributed by atoms with E-state index in [0.717, 1.165) is 16.1 Å². The van der Waals surface area contributed by atoms with Crippen LogP contribution in [0.5, 0.6) is 0 Å². The predicted molar refractivity (Wildman–Crippen MR) is 76.0 cm³/mol. The second-order valence-corrected chi connectivity index (χ2v) is 5.14. The summed E-state index contributed by atoms with van der Waals surface area (Å²) in [4.78, 5) is 11.0. The van der Waals surface area contributed by atoms with Gasteiger partial charge in [-0.05, 0) is 35.4 Å². The molecule has 2 aromatic rings. The Bertz CT molecular complexity index is 611. The molecule has 3 nitrogen and oxygen atoms in total. The molecule has 104 valence electrons. The number of benzene rings is 2. The summed E-state index contributed by atoms with van der Waals surface area (Å²) in [5, 5.41) is 9.01. The van der Waals surface area contributed by atoms with E-state index < -0.39 is 11.8 Å². The Morgan fingerprint density at radius 3 is 2.50 bits per heavy atom. The molecule has 0 heterocycles. The zero-order chi connectivity index (χ0) is 14.5. The summed E-state index contributed by atoms with van der Waals surface area (Å²) in [5.41, 5.74) is 1.36. The molecule has 0 aliphatic heterocycles. The molecule has 0 saturated carbocycles. The first-order valence-corrected chi connectivity index (χ1v) is 6.69. The van der Waals surface area contributed by atoms with Gasteiger partial charge in [0.1, 0.15) is 5.82 Å². The van der Waals surface area contributed by atoms with Gasteiger partial charge in [0.15, 0.2) is 0 Å². The smallest absolute Gasteiger partial charge is 0.336 e. The highest BCUT2D eigenvalue weighted by molar-refractivity contribution is 9.10. The summed E-state index contributed by atoms with van der Waals surface area (Å²) in [6.45, 7) is 0.488. The van der Waals surface area contributed by atoms with Crippen LogP contribution in [-0.2, 0) is 18.0 Å². The third kappa shape index (κ3) is 3.88. The van der Waals surface area contributed by atoms with Crippen molar-refractivity contribution in [3.05, 3.63) is 69.4 Å². The molecular formula is C15H12BrFO3. The first kappa shape index (κ1) is 14.7. The highest BCUT2D eigenvalue weighted by Gasteiger charge is 2.11. The van der Waals surface area contributed by atoms with Gasteiger partial charge in [-0.15, -0.1) is 0 Å². The third-order valence-electron chi connectivity index (χ3n) is 2.74. The van der Waals surface area contributed by atoms with Gasteiger partial charge in [-0.25, -0.2) is 9.18 Å². The van der Waals surface area contributed by atoms with Gasteiger partial charge >= 0.3 is 5.97 Å². The van der Waals surface area contributed by atoms with Crippen molar-refractivity contribution in [2.75, 3.05) is 0 Å². The molecule has 0 radical (unpaired) electrons. The SMILES string of the molecule is O=C(O)c1cc(F)ccc1COCc1ccc(Br)cc1. The third-order valence-corrected chi connectivity index (χ3v) is 3.27. The van der Waals surface area contributed by atoms with Crippen molar-refractivity contribution in [2.24, 2.45) is 0 Å². The van der Waals surface area contributed by atoms with Crippen molar-refractivity contribution >= 4 is 21.9 Å². The van der Waals surface area contributed by atoms with E-state index in [2.05, 4.69) is 15.9 Å². The Morgan fingerprint density at radius 2 is 1.85 bits per heavy atom. The second-order valence-electron chi connectivity index (χ2n) is 4.23. The number of ether oxygens (including phenoxy) is 1. The zero-order valence-corrected chi connectivity index (χ0v) is 12.1. The normalized spacial score (nSPS) is 10.5. The average molecular weight is 339 g/mol. The molecule has 0 atom stereocenters. The van der Waals surface area contributed by atoms with Crippen LogP contribution in [0.2, 0.25) is 0 Å². The summed E-state index contributed by atoms with van der Waals surface area (Å²) in [7, 11) is 0. The highest BCUT2D eigenvalue weighted by atomic mass is 79.9. The van der Waals surface area contributed by atoms with E-state index in [0.29, 0.717) is 12.2 Å². The van der Waals surface area contributed by atoms with E-state index in [9.17, 15) is 9.18 Å². The van der Waals surface area contributed by atoms with Gasteiger partial charge in [-0.3, -0.25) is 0 Å². The van der Waals surface area contributed by atoms with Crippen molar-refractivity contribution in [2.45, 2.75) is 13.2 Å². The number of rotatable bonds is 5. The Morgan fingerprint density at radius 1 is 1.15 bits per heavy atom. The van der Waals surface area contributed by atoms with Crippen molar-refractivity contribution in [1.82, 2.24) is 0 Å². The monoisotopic (exact) mass is 338 g/mol. The molecule has 1 N–H and O–H groups in total. The number of aromatic carboxylic acids is 1. The van der Waals surface area contributed by atoms with Crippen LogP contribution in [0.1, 0.15) is 21.5 Å². The van der Waals surface area contributed by atoms with Crippen LogP contribution in [0.3, 0.4) is 0 Å². The minimum absolute atomic E-state index is 0.0687. The molecule has 5 heteroatoms. The molecule has 0 aliphatic rings. The zero-order valence-electron chi connectivity index (χ0n) is 10.5. The van der Waals surface area contributed by atoms with Gasteiger partial charge in [-0.1, -0.05) is 34.1 Å². The largest absolute Gasteiger partial charge is 0.478 e. The number of hydrogen-bond donors (Lipinski definition) is 1. The minimum Gasteiger partial charge on any atom is -0.478 e. The first-order valence-electron chi connectivity index (χ1n) is 5.90. The minimum atomic E-state index is -1.16. The molecule has 0 fully saturated rings. The van der Waals surface area contributed by atoms with E-state index >= 15 is 0 Å². The van der Waals surface area contributed by atoms with Crippen LogP contribution in [0.4, 0.5) is 4.39 Å². The van der Waals surface area contributed by atoms with Gasteiger partial charge in [0.05, 0.1) is 18.8 Å². The second kappa shape index (κ2) is 6.63. The first-order chi connectivity index (χ1) is 9.56. The molecule has 0 amide bonds. The lowest BCUT2D eigenvalue weighted by atomic mass is 10.1. The van der Waals surface area contributed by atoms with Crippen LogP contribution in [0, 0.1) is 5.82 Å². The molecule has 0 aromatic heterocycles. The fraction of sp³-hybridized carbons (Fsp3) is 0.133. The lowest BCUT2D eigenvalue weighted by molar-refractivity contribution is 0.0683.